The number of piperidine rings is 1. The number of hydrogen-bond donors (Lipinski definition) is 1. The van der Waals surface area contributed by atoms with Gasteiger partial charge in [-0.25, -0.2) is 9.97 Å². The van der Waals surface area contributed by atoms with Gasteiger partial charge in [0.25, 0.3) is 0 Å². The lowest BCUT2D eigenvalue weighted by Gasteiger charge is -2.34. The molecule has 1 aliphatic heterocycles. The van der Waals surface area contributed by atoms with Crippen LogP contribution < -0.4 is 5.32 Å². The van der Waals surface area contributed by atoms with Gasteiger partial charge >= 0.3 is 0 Å². The molecule has 1 aromatic heterocycles. The first-order valence-electron chi connectivity index (χ1n) is 12.0. The predicted octanol–water partition coefficient (Wildman–Crippen LogP) is 4.23. The van der Waals surface area contributed by atoms with E-state index in [0.717, 1.165) is 55.0 Å². The minimum atomic E-state index is -0.00640. The molecule has 2 heterocycles. The van der Waals surface area contributed by atoms with Gasteiger partial charge in [0.15, 0.2) is 0 Å². The summed E-state index contributed by atoms with van der Waals surface area (Å²) in [4.78, 5) is 36.9. The Morgan fingerprint density at radius 3 is 2.26 bits per heavy atom. The van der Waals surface area contributed by atoms with Crippen LogP contribution in [0, 0.1) is 19.3 Å². The van der Waals surface area contributed by atoms with Gasteiger partial charge in [-0.1, -0.05) is 40.0 Å². The van der Waals surface area contributed by atoms with E-state index < -0.39 is 0 Å². The topological polar surface area (TPSA) is 75.2 Å². The molecule has 31 heavy (non-hydrogen) atoms. The monoisotopic (exact) mass is 428 g/mol. The Morgan fingerprint density at radius 2 is 1.65 bits per heavy atom. The maximum atomic E-state index is 12.7. The van der Waals surface area contributed by atoms with Gasteiger partial charge in [-0.3, -0.25) is 9.59 Å². The highest BCUT2D eigenvalue weighted by Crippen LogP contribution is 2.28. The van der Waals surface area contributed by atoms with Crippen LogP contribution in [0.5, 0.6) is 0 Å². The fourth-order valence-corrected chi connectivity index (χ4v) is 4.87. The SMILES string of the molecule is Cc1nc([C@H]2CCCN(C(=O)CC(C)(C)C)C2)nc(C)c1CC(=O)NC1CCCCC1. The summed E-state index contributed by atoms with van der Waals surface area (Å²) in [5, 5.41) is 3.20. The molecule has 6 nitrogen and oxygen atoms in total. The Labute approximate surface area is 187 Å². The van der Waals surface area contributed by atoms with Crippen LogP contribution in [0.15, 0.2) is 0 Å². The molecule has 3 rings (SSSR count). The van der Waals surface area contributed by atoms with Crippen molar-refractivity contribution in [2.24, 2.45) is 5.41 Å². The lowest BCUT2D eigenvalue weighted by atomic mass is 9.90. The highest BCUT2D eigenvalue weighted by Gasteiger charge is 2.29. The molecule has 1 N–H and O–H groups in total. The average molecular weight is 429 g/mol. The zero-order valence-electron chi connectivity index (χ0n) is 20.1. The summed E-state index contributed by atoms with van der Waals surface area (Å²) in [5.41, 5.74) is 2.71. The van der Waals surface area contributed by atoms with Gasteiger partial charge in [0, 0.05) is 48.4 Å². The smallest absolute Gasteiger partial charge is 0.224 e. The first-order chi connectivity index (χ1) is 14.6. The summed E-state index contributed by atoms with van der Waals surface area (Å²) in [6, 6.07) is 0.320. The molecule has 0 radical (unpaired) electrons. The van der Waals surface area contributed by atoms with Crippen molar-refractivity contribution in [1.82, 2.24) is 20.2 Å². The summed E-state index contributed by atoms with van der Waals surface area (Å²) in [5.74, 6) is 1.28. The fourth-order valence-electron chi connectivity index (χ4n) is 4.87. The van der Waals surface area contributed by atoms with E-state index in [1.165, 1.54) is 19.3 Å². The van der Waals surface area contributed by atoms with Gasteiger partial charge in [0.1, 0.15) is 5.82 Å². The standard InChI is InChI=1S/C25H40N4O2/c1-17-21(14-22(30)28-20-11-7-6-8-12-20)18(2)27-24(26-17)19-10-9-13-29(16-19)23(31)15-25(3,4)5/h19-20H,6-16H2,1-5H3,(H,28,30)/t19-/m0/s1. The van der Waals surface area contributed by atoms with Crippen LogP contribution >= 0.6 is 0 Å². The molecule has 2 amide bonds. The van der Waals surface area contributed by atoms with E-state index >= 15 is 0 Å². The van der Waals surface area contributed by atoms with Crippen molar-refractivity contribution < 1.29 is 9.59 Å². The van der Waals surface area contributed by atoms with E-state index in [1.807, 2.05) is 18.7 Å². The molecule has 172 valence electrons. The Bertz CT molecular complexity index is 770. The van der Waals surface area contributed by atoms with Gasteiger partial charge in [-0.15, -0.1) is 0 Å². The third-order valence-electron chi connectivity index (χ3n) is 6.57. The number of likely N-dealkylation sites (tertiary alicyclic amines) is 1. The third-order valence-corrected chi connectivity index (χ3v) is 6.57. The average Bonchev–Trinajstić information content (AvgIpc) is 2.70. The molecule has 0 aromatic carbocycles. The molecule has 6 heteroatoms. The van der Waals surface area contributed by atoms with Crippen molar-refractivity contribution in [2.75, 3.05) is 13.1 Å². The Hall–Kier alpha value is -1.98. The molecular formula is C25H40N4O2. The van der Waals surface area contributed by atoms with Crippen molar-refractivity contribution >= 4 is 11.8 Å². The number of aryl methyl sites for hydroxylation is 2. The summed E-state index contributed by atoms with van der Waals surface area (Å²) in [6.07, 6.45) is 8.75. The van der Waals surface area contributed by atoms with Gasteiger partial charge < -0.3 is 10.2 Å². The largest absolute Gasteiger partial charge is 0.353 e. The molecule has 2 fully saturated rings. The van der Waals surface area contributed by atoms with Gasteiger partial charge in [0.2, 0.25) is 11.8 Å². The maximum Gasteiger partial charge on any atom is 0.224 e. The number of hydrogen-bond acceptors (Lipinski definition) is 4. The number of aromatic nitrogens is 2. The highest BCUT2D eigenvalue weighted by molar-refractivity contribution is 5.79. The van der Waals surface area contributed by atoms with Crippen LogP contribution in [0.4, 0.5) is 0 Å². The molecule has 2 aliphatic rings. The maximum absolute atomic E-state index is 12.7. The second kappa shape index (κ2) is 10.1. The van der Waals surface area contributed by atoms with Crippen molar-refractivity contribution in [3.63, 3.8) is 0 Å². The van der Waals surface area contributed by atoms with Gasteiger partial charge in [-0.2, -0.15) is 0 Å². The molecule has 0 spiro atoms. The molecule has 1 aromatic rings. The molecule has 1 saturated heterocycles. The van der Waals surface area contributed by atoms with E-state index in [1.54, 1.807) is 0 Å². The summed E-state index contributed by atoms with van der Waals surface area (Å²) >= 11 is 0. The van der Waals surface area contributed by atoms with Gasteiger partial charge in [-0.05, 0) is 44.9 Å². The molecule has 0 bridgehead atoms. The van der Waals surface area contributed by atoms with Crippen molar-refractivity contribution in [3.8, 4) is 0 Å². The first-order valence-corrected chi connectivity index (χ1v) is 12.0. The van der Waals surface area contributed by atoms with E-state index in [-0.39, 0.29) is 23.1 Å². The molecule has 0 unspecified atom stereocenters. The van der Waals surface area contributed by atoms with Gasteiger partial charge in [0.05, 0.1) is 6.42 Å². The van der Waals surface area contributed by atoms with Crippen LogP contribution in [0.25, 0.3) is 0 Å². The van der Waals surface area contributed by atoms with E-state index in [0.29, 0.717) is 25.4 Å². The fraction of sp³-hybridized carbons (Fsp3) is 0.760. The summed E-state index contributed by atoms with van der Waals surface area (Å²) in [7, 11) is 0. The second-order valence-corrected chi connectivity index (χ2v) is 10.7. The van der Waals surface area contributed by atoms with Crippen molar-refractivity contribution in [1.29, 1.82) is 0 Å². The van der Waals surface area contributed by atoms with Crippen LogP contribution in [-0.2, 0) is 16.0 Å². The normalized spacial score (nSPS) is 20.5. The predicted molar refractivity (Wildman–Crippen MR) is 123 cm³/mol. The number of rotatable bonds is 5. The third kappa shape index (κ3) is 6.75. The quantitative estimate of drug-likeness (QED) is 0.762. The van der Waals surface area contributed by atoms with E-state index in [2.05, 4.69) is 26.1 Å². The number of carbonyl (C=O) groups excluding carboxylic acids is 2. The van der Waals surface area contributed by atoms with Crippen LogP contribution in [0.3, 0.4) is 0 Å². The summed E-state index contributed by atoms with van der Waals surface area (Å²) < 4.78 is 0. The highest BCUT2D eigenvalue weighted by atomic mass is 16.2. The zero-order valence-corrected chi connectivity index (χ0v) is 20.1. The Kier molecular flexibility index (Phi) is 7.71. The number of nitrogens with zero attached hydrogens (tertiary/aromatic N) is 3. The lowest BCUT2D eigenvalue weighted by molar-refractivity contribution is -0.134. The van der Waals surface area contributed by atoms with E-state index in [4.69, 9.17) is 9.97 Å². The zero-order chi connectivity index (χ0) is 22.6. The number of amides is 2. The molecular weight excluding hydrogens is 388 g/mol. The van der Waals surface area contributed by atoms with Crippen LogP contribution in [0.1, 0.15) is 101 Å². The second-order valence-electron chi connectivity index (χ2n) is 10.7. The van der Waals surface area contributed by atoms with E-state index in [9.17, 15) is 9.59 Å². The van der Waals surface area contributed by atoms with Crippen LogP contribution in [-0.4, -0.2) is 45.8 Å². The molecule has 1 saturated carbocycles. The summed E-state index contributed by atoms with van der Waals surface area (Å²) in [6.45, 7) is 11.8. The van der Waals surface area contributed by atoms with Crippen molar-refractivity contribution in [2.45, 2.75) is 104 Å². The minimum Gasteiger partial charge on any atom is -0.353 e. The lowest BCUT2D eigenvalue weighted by Crippen LogP contribution is -2.41. The number of nitrogens with one attached hydrogen (secondary N) is 1. The molecule has 1 aliphatic carbocycles. The first kappa shape index (κ1) is 23.7. The Balaban J connectivity index is 1.65. The molecule has 1 atom stereocenters. The van der Waals surface area contributed by atoms with Crippen LogP contribution in [0.2, 0.25) is 0 Å². The number of carbonyl (C=O) groups is 2. The van der Waals surface area contributed by atoms with Crippen molar-refractivity contribution in [3.05, 3.63) is 22.8 Å². The Morgan fingerprint density at radius 1 is 1.00 bits per heavy atom. The minimum absolute atomic E-state index is 0.00640.